The molecule has 0 aromatic carbocycles. The van der Waals surface area contributed by atoms with Gasteiger partial charge in [-0.25, -0.2) is 0 Å². The Morgan fingerprint density at radius 3 is 2.07 bits per heavy atom. The fourth-order valence-electron chi connectivity index (χ4n) is 2.95. The van der Waals surface area contributed by atoms with Gasteiger partial charge < -0.3 is 9.47 Å². The number of ether oxygens (including phenoxy) is 2. The number of rotatable bonds is 22. The first-order chi connectivity index (χ1) is 14.6. The summed E-state index contributed by atoms with van der Waals surface area (Å²) in [5, 5.41) is 0. The average molecular weight is 466 g/mol. The van der Waals surface area contributed by atoms with Crippen LogP contribution in [-0.4, -0.2) is 36.9 Å². The Kier molecular flexibility index (Phi) is 22.9. The predicted octanol–water partition coefficient (Wildman–Crippen LogP) is 7.46. The van der Waals surface area contributed by atoms with Crippen LogP contribution in [0.4, 0.5) is 0 Å². The van der Waals surface area contributed by atoms with Crippen molar-refractivity contribution in [3.63, 3.8) is 0 Å². The Morgan fingerprint density at radius 1 is 0.933 bits per heavy atom. The normalized spacial score (nSPS) is 13.0. The first-order valence-electron chi connectivity index (χ1n) is 11.4. The third-order valence-electron chi connectivity index (χ3n) is 4.84. The Morgan fingerprint density at radius 2 is 1.50 bits per heavy atom. The average Bonchev–Trinajstić information content (AvgIpc) is 2.76. The molecule has 0 aromatic rings. The number of unbranched alkanes of at least 4 members (excludes halogenated alkanes) is 11. The van der Waals surface area contributed by atoms with Gasteiger partial charge in [-0.2, -0.15) is 0 Å². The molecule has 0 rings (SSSR count). The number of carbonyl (C=O) groups excluding carboxylic acids is 1. The molecule has 0 saturated carbocycles. The summed E-state index contributed by atoms with van der Waals surface area (Å²) in [6.07, 6.45) is 20.4. The van der Waals surface area contributed by atoms with Crippen molar-refractivity contribution in [2.24, 2.45) is 0 Å². The highest BCUT2D eigenvalue weighted by molar-refractivity contribution is 8.47. The molecule has 0 amide bonds. The van der Waals surface area contributed by atoms with E-state index in [4.69, 9.17) is 18.6 Å². The van der Waals surface area contributed by atoms with E-state index < -0.39 is 13.3 Å². The van der Waals surface area contributed by atoms with Gasteiger partial charge in [-0.3, -0.25) is 9.35 Å². The molecule has 1 N–H and O–H groups in total. The van der Waals surface area contributed by atoms with Crippen LogP contribution in [0.2, 0.25) is 0 Å². The van der Waals surface area contributed by atoms with Crippen molar-refractivity contribution in [3.05, 3.63) is 12.2 Å². The third kappa shape index (κ3) is 20.8. The SMILES string of the molecule is CCCCCCCCC=CCCCCCCCC(=O)OCC(CO[P+](=O)SO)OC. The van der Waals surface area contributed by atoms with E-state index >= 15 is 0 Å². The highest BCUT2D eigenvalue weighted by Crippen LogP contribution is 2.35. The molecule has 0 fully saturated rings. The second kappa shape index (κ2) is 23.2. The van der Waals surface area contributed by atoms with Crippen molar-refractivity contribution in [2.75, 3.05) is 20.3 Å². The molecule has 0 aliphatic heterocycles. The van der Waals surface area contributed by atoms with Gasteiger partial charge in [0.25, 0.3) is 0 Å². The lowest BCUT2D eigenvalue weighted by Gasteiger charge is -2.12. The summed E-state index contributed by atoms with van der Waals surface area (Å²) < 4.78 is 34.7. The van der Waals surface area contributed by atoms with Crippen molar-refractivity contribution < 1.29 is 27.9 Å². The van der Waals surface area contributed by atoms with Gasteiger partial charge in [-0.15, -0.1) is 4.52 Å². The van der Waals surface area contributed by atoms with Crippen LogP contribution in [0.1, 0.15) is 96.8 Å². The topological polar surface area (TPSA) is 82.1 Å². The minimum atomic E-state index is -2.17. The van der Waals surface area contributed by atoms with Crippen LogP contribution in [0.5, 0.6) is 0 Å². The van der Waals surface area contributed by atoms with Crippen molar-refractivity contribution >= 4 is 24.9 Å². The Hall–Kier alpha value is -0.460. The first-order valence-corrected chi connectivity index (χ1v) is 13.9. The zero-order valence-corrected chi connectivity index (χ0v) is 20.6. The fraction of sp³-hybridized carbons (Fsp3) is 0.864. The van der Waals surface area contributed by atoms with Crippen LogP contribution in [0.15, 0.2) is 12.2 Å². The summed E-state index contributed by atoms with van der Waals surface area (Å²) in [5.41, 5.74) is 0. The van der Waals surface area contributed by atoms with E-state index in [1.807, 2.05) is 0 Å². The standard InChI is InChI=1S/C22H41O6PS/c1-3-4-5-6-7-8-9-10-11-12-13-14-15-16-17-18-22(23)27-19-21(26-2)20-28-29(24)30-25/h10-11,21H,3-9,12-20H2,1-2H3/p+1. The quantitative estimate of drug-likeness (QED) is 0.0584. The molecule has 0 aliphatic carbocycles. The highest BCUT2D eigenvalue weighted by atomic mass is 32.7. The molecule has 0 aliphatic rings. The number of hydrogen-bond donors (Lipinski definition) is 1. The van der Waals surface area contributed by atoms with Gasteiger partial charge in [0.1, 0.15) is 19.3 Å². The van der Waals surface area contributed by atoms with Gasteiger partial charge in [0.05, 0.1) is 0 Å². The molecule has 2 unspecified atom stereocenters. The van der Waals surface area contributed by atoms with Crippen LogP contribution in [0.25, 0.3) is 0 Å². The number of esters is 1. The van der Waals surface area contributed by atoms with Crippen molar-refractivity contribution in [3.8, 4) is 0 Å². The second-order valence-corrected chi connectivity index (χ2v) is 9.73. The predicted molar refractivity (Wildman–Crippen MR) is 125 cm³/mol. The summed E-state index contributed by atoms with van der Waals surface area (Å²) in [6.45, 7) is 2.31. The fourth-order valence-corrected chi connectivity index (χ4v) is 3.61. The Bertz CT molecular complexity index is 447. The smallest absolute Gasteiger partial charge is 0.463 e. The Labute approximate surface area is 188 Å². The molecule has 0 heterocycles. The first kappa shape index (κ1) is 29.5. The van der Waals surface area contributed by atoms with Crippen LogP contribution in [-0.2, 0) is 23.4 Å². The van der Waals surface area contributed by atoms with Gasteiger partial charge in [-0.1, -0.05) is 70.4 Å². The van der Waals surface area contributed by atoms with Gasteiger partial charge in [0, 0.05) is 13.5 Å². The highest BCUT2D eigenvalue weighted by Gasteiger charge is 2.23. The summed E-state index contributed by atoms with van der Waals surface area (Å²) in [6, 6.07) is 0. The molecule has 8 heteroatoms. The molecule has 0 spiro atoms. The number of hydrogen-bond acceptors (Lipinski definition) is 7. The molecule has 0 radical (unpaired) electrons. The molecular formula is C22H42O6PS+. The third-order valence-corrected chi connectivity index (χ3v) is 6.05. The van der Waals surface area contributed by atoms with E-state index in [1.54, 1.807) is 0 Å². The van der Waals surface area contributed by atoms with Crippen molar-refractivity contribution in [1.82, 2.24) is 0 Å². The monoisotopic (exact) mass is 465 g/mol. The summed E-state index contributed by atoms with van der Waals surface area (Å²) in [4.78, 5) is 11.8. The second-order valence-electron chi connectivity index (χ2n) is 7.48. The lowest BCUT2D eigenvalue weighted by atomic mass is 10.1. The van der Waals surface area contributed by atoms with E-state index in [0.717, 1.165) is 25.7 Å². The molecule has 2 atom stereocenters. The number of carbonyl (C=O) groups is 1. The molecular weight excluding hydrogens is 423 g/mol. The van der Waals surface area contributed by atoms with Crippen LogP contribution < -0.4 is 0 Å². The molecule has 176 valence electrons. The molecule has 0 saturated heterocycles. The maximum absolute atomic E-state index is 11.8. The van der Waals surface area contributed by atoms with E-state index in [9.17, 15) is 9.36 Å². The molecule has 6 nitrogen and oxygen atoms in total. The van der Waals surface area contributed by atoms with E-state index in [0.29, 0.717) is 6.42 Å². The van der Waals surface area contributed by atoms with Gasteiger partial charge in [0.15, 0.2) is 0 Å². The maximum atomic E-state index is 11.8. The minimum absolute atomic E-state index is 0.0000509. The number of allylic oxidation sites excluding steroid dienone is 2. The lowest BCUT2D eigenvalue weighted by Crippen LogP contribution is -2.25. The van der Waals surface area contributed by atoms with Crippen LogP contribution in [0, 0.1) is 0 Å². The van der Waals surface area contributed by atoms with Crippen molar-refractivity contribution in [2.45, 2.75) is 103 Å². The zero-order chi connectivity index (χ0) is 22.3. The Balaban J connectivity index is 3.45. The van der Waals surface area contributed by atoms with Gasteiger partial charge in [0.2, 0.25) is 0 Å². The van der Waals surface area contributed by atoms with E-state index in [-0.39, 0.29) is 30.8 Å². The van der Waals surface area contributed by atoms with Gasteiger partial charge in [-0.05, 0) is 36.7 Å². The molecule has 0 aromatic heterocycles. The van der Waals surface area contributed by atoms with E-state index in [1.165, 1.54) is 64.9 Å². The lowest BCUT2D eigenvalue weighted by molar-refractivity contribution is -0.148. The summed E-state index contributed by atoms with van der Waals surface area (Å²) in [5.74, 6) is -0.254. The van der Waals surface area contributed by atoms with Gasteiger partial charge >= 0.3 is 24.9 Å². The van der Waals surface area contributed by atoms with E-state index in [2.05, 4.69) is 19.1 Å². The summed E-state index contributed by atoms with van der Waals surface area (Å²) in [7, 11) is -0.708. The van der Waals surface area contributed by atoms with Crippen LogP contribution >= 0.6 is 18.9 Å². The molecule has 0 bridgehead atoms. The zero-order valence-electron chi connectivity index (χ0n) is 18.9. The number of methoxy groups -OCH3 is 1. The van der Waals surface area contributed by atoms with Crippen molar-refractivity contribution in [1.29, 1.82) is 0 Å². The minimum Gasteiger partial charge on any atom is -0.463 e. The van der Waals surface area contributed by atoms with Crippen LogP contribution in [0.3, 0.4) is 0 Å². The molecule has 30 heavy (non-hydrogen) atoms. The largest absolute Gasteiger partial charge is 0.616 e. The summed E-state index contributed by atoms with van der Waals surface area (Å²) >= 11 is 0.149. The maximum Gasteiger partial charge on any atom is 0.616 e.